The molecule has 2 nitrogen and oxygen atoms in total. The van der Waals surface area contributed by atoms with Gasteiger partial charge in [0.15, 0.2) is 0 Å². The lowest BCUT2D eigenvalue weighted by Crippen LogP contribution is -2.48. The molecule has 0 bridgehead atoms. The molecule has 13 aromatic rings. The van der Waals surface area contributed by atoms with Gasteiger partial charge in [-0.3, -0.25) is 0 Å². The van der Waals surface area contributed by atoms with Gasteiger partial charge < -0.3 is 9.13 Å². The van der Waals surface area contributed by atoms with E-state index in [4.69, 9.17) is 54.9 Å². The molecule has 1 aliphatic rings. The van der Waals surface area contributed by atoms with Crippen LogP contribution >= 0.6 is 0 Å². The van der Waals surface area contributed by atoms with Crippen LogP contribution in [0, 0.1) is 0 Å². The molecule has 0 N–H and O–H groups in total. The van der Waals surface area contributed by atoms with Crippen LogP contribution in [0.2, 0.25) is 0 Å². The molecule has 0 atom stereocenters. The SMILES string of the molecule is [B]c1c([B])c([B])c2c(c1[B])c1c([B])c(-c3ccc4c(c3)c3c(-c5ccccc5)cccc3n4-c3ccc(-c4ccccc4)cc3)c([B])c([B])c1n2-c1ccc(C2(c3ccccc3)c3ccccc3-c3ccccc32)cc1. The molecule has 11 aromatic carbocycles. The van der Waals surface area contributed by atoms with Crippen molar-refractivity contribution < 1.29 is 0 Å². The van der Waals surface area contributed by atoms with Crippen LogP contribution in [0.1, 0.15) is 22.3 Å². The number of rotatable bonds is 7. The maximum atomic E-state index is 7.58. The van der Waals surface area contributed by atoms with Gasteiger partial charge in [-0.2, -0.15) is 0 Å². The molecule has 0 saturated carbocycles. The predicted molar refractivity (Wildman–Crippen MR) is 326 cm³/mol. The number of aromatic nitrogens is 2. The van der Waals surface area contributed by atoms with Crippen LogP contribution in [-0.4, -0.2) is 64.1 Å². The standard InChI is InChI=1S/C67H37B7N2/c68-58-54(41-29-36-52-49(37-41)55-46(40-17-6-2-7-18-40)23-14-26-53(55)75(52)44-32-27-39(28-33-44)38-15-4-1-5-16-38)59(69)63(73)65-56(58)57-60(70)61(71)62(72)64(74)66(57)76(65)45-34-30-43(31-35-45)67(42-19-8-3-9-20-42)50-24-12-10-21-47(50)48-22-11-13-25-51(48)67/h1-37H. The molecule has 14 radical (unpaired) electrons. The lowest BCUT2D eigenvalue weighted by molar-refractivity contribution is 0.768. The Labute approximate surface area is 451 Å². The van der Waals surface area contributed by atoms with E-state index in [1.54, 1.807) is 0 Å². The van der Waals surface area contributed by atoms with Crippen LogP contribution in [0.25, 0.3) is 99.5 Å². The van der Waals surface area contributed by atoms with Gasteiger partial charge in [0.2, 0.25) is 0 Å². The molecule has 0 fully saturated rings. The monoisotopic (exact) mass is 946 g/mol. The minimum absolute atomic E-state index is 0.165. The van der Waals surface area contributed by atoms with Crippen molar-refractivity contribution in [3.63, 3.8) is 0 Å². The highest BCUT2D eigenvalue weighted by molar-refractivity contribution is 6.69. The second-order valence-corrected chi connectivity index (χ2v) is 19.9. The van der Waals surface area contributed by atoms with Gasteiger partial charge in [-0.25, -0.2) is 0 Å². The molecule has 9 heteroatoms. The lowest BCUT2D eigenvalue weighted by atomic mass is 9.64. The third-order valence-electron chi connectivity index (χ3n) is 16.0. The summed E-state index contributed by atoms with van der Waals surface area (Å²) in [6.07, 6.45) is 0. The first kappa shape index (κ1) is 46.0. The van der Waals surface area contributed by atoms with Crippen LogP contribution < -0.4 is 38.2 Å². The van der Waals surface area contributed by atoms with Crippen molar-refractivity contribution in [1.29, 1.82) is 0 Å². The van der Waals surface area contributed by atoms with Gasteiger partial charge in [-0.05, 0) is 115 Å². The fraction of sp³-hybridized carbons (Fsp3) is 0.0149. The molecule has 0 unspecified atom stereocenters. The second-order valence-electron chi connectivity index (χ2n) is 19.9. The van der Waals surface area contributed by atoms with E-state index in [1.165, 1.54) is 22.3 Å². The third kappa shape index (κ3) is 6.51. The highest BCUT2D eigenvalue weighted by atomic mass is 15.0. The molecule has 14 rings (SSSR count). The van der Waals surface area contributed by atoms with E-state index in [0.29, 0.717) is 43.8 Å². The van der Waals surface area contributed by atoms with Crippen LogP contribution in [0.4, 0.5) is 0 Å². The molecule has 76 heavy (non-hydrogen) atoms. The average molecular weight is 946 g/mol. The van der Waals surface area contributed by atoms with E-state index in [-0.39, 0.29) is 21.9 Å². The minimum atomic E-state index is -0.610. The number of hydrogen-bond acceptors (Lipinski definition) is 0. The maximum absolute atomic E-state index is 7.58. The first-order chi connectivity index (χ1) is 37.2. The zero-order valence-corrected chi connectivity index (χ0v) is 41.3. The highest BCUT2D eigenvalue weighted by Gasteiger charge is 2.46. The van der Waals surface area contributed by atoms with Crippen molar-refractivity contribution in [3.8, 4) is 55.9 Å². The Balaban J connectivity index is 0.994. The predicted octanol–water partition coefficient (Wildman–Crippen LogP) is 8.80. The number of benzene rings is 11. The number of hydrogen-bond donors (Lipinski definition) is 0. The third-order valence-corrected chi connectivity index (χ3v) is 16.0. The van der Waals surface area contributed by atoms with Crippen molar-refractivity contribution in [2.75, 3.05) is 0 Å². The van der Waals surface area contributed by atoms with E-state index in [9.17, 15) is 0 Å². The summed E-state index contributed by atoms with van der Waals surface area (Å²) in [6, 6.07) is 79.1. The smallest absolute Gasteiger partial charge is 0.115 e. The fourth-order valence-electron chi connectivity index (χ4n) is 12.6. The second kappa shape index (κ2) is 17.5. The molecule has 336 valence electrons. The Morgan fingerprint density at radius 2 is 0.763 bits per heavy atom. The van der Waals surface area contributed by atoms with Gasteiger partial charge in [0.05, 0.1) is 16.4 Å². The molecule has 0 aliphatic heterocycles. The summed E-state index contributed by atoms with van der Waals surface area (Å²) in [5.41, 5.74) is 19.0. The molecular formula is C67H37B7N2. The summed E-state index contributed by atoms with van der Waals surface area (Å²) in [4.78, 5) is 0. The Bertz CT molecular complexity index is 4460. The molecule has 0 spiro atoms. The topological polar surface area (TPSA) is 9.86 Å². The van der Waals surface area contributed by atoms with Gasteiger partial charge in [0, 0.05) is 38.6 Å². The van der Waals surface area contributed by atoms with Crippen LogP contribution in [-0.2, 0) is 5.41 Å². The van der Waals surface area contributed by atoms with Crippen molar-refractivity contribution >= 4 is 137 Å². The zero-order valence-electron chi connectivity index (χ0n) is 41.3. The van der Waals surface area contributed by atoms with Gasteiger partial charge in [0.1, 0.15) is 54.9 Å². The summed E-state index contributed by atoms with van der Waals surface area (Å²) in [7, 11) is 50.0. The minimum Gasteiger partial charge on any atom is -0.311 e. The van der Waals surface area contributed by atoms with Gasteiger partial charge in [-0.1, -0.05) is 209 Å². The fourth-order valence-corrected chi connectivity index (χ4v) is 12.6. The quantitative estimate of drug-likeness (QED) is 0.142. The molecule has 0 saturated heterocycles. The molecule has 2 aromatic heterocycles. The van der Waals surface area contributed by atoms with Crippen molar-refractivity contribution in [3.05, 3.63) is 247 Å². The first-order valence-corrected chi connectivity index (χ1v) is 25.4. The van der Waals surface area contributed by atoms with Crippen LogP contribution in [0.3, 0.4) is 0 Å². The van der Waals surface area contributed by atoms with E-state index >= 15 is 0 Å². The van der Waals surface area contributed by atoms with Crippen LogP contribution in [0.15, 0.2) is 224 Å². The van der Waals surface area contributed by atoms with E-state index in [0.717, 1.165) is 72.1 Å². The average Bonchev–Trinajstić information content (AvgIpc) is 4.33. The Hall–Kier alpha value is -8.53. The normalized spacial score (nSPS) is 12.7. The van der Waals surface area contributed by atoms with E-state index in [1.807, 2.05) is 16.7 Å². The molecule has 0 amide bonds. The maximum Gasteiger partial charge on any atom is 0.115 e. The Morgan fingerprint density at radius 3 is 1.41 bits per heavy atom. The van der Waals surface area contributed by atoms with Gasteiger partial charge in [-0.15, -0.1) is 10.9 Å². The van der Waals surface area contributed by atoms with Gasteiger partial charge in [0.25, 0.3) is 0 Å². The van der Waals surface area contributed by atoms with Crippen molar-refractivity contribution in [1.82, 2.24) is 9.13 Å². The number of fused-ring (bicyclic) bond motifs is 9. The van der Waals surface area contributed by atoms with E-state index in [2.05, 4.69) is 217 Å². The Morgan fingerprint density at radius 1 is 0.289 bits per heavy atom. The largest absolute Gasteiger partial charge is 0.311 e. The summed E-state index contributed by atoms with van der Waals surface area (Å²) in [5, 5.41) is 3.21. The van der Waals surface area contributed by atoms with Crippen molar-refractivity contribution in [2.45, 2.75) is 5.41 Å². The van der Waals surface area contributed by atoms with E-state index < -0.39 is 5.41 Å². The lowest BCUT2D eigenvalue weighted by Gasteiger charge is -2.34. The Kier molecular flexibility index (Phi) is 10.6. The summed E-state index contributed by atoms with van der Waals surface area (Å²) >= 11 is 0. The zero-order chi connectivity index (χ0) is 51.6. The molecular weight excluding hydrogens is 908 g/mol. The molecule has 2 heterocycles. The van der Waals surface area contributed by atoms with Crippen LogP contribution in [0.5, 0.6) is 0 Å². The van der Waals surface area contributed by atoms with Crippen molar-refractivity contribution in [2.24, 2.45) is 0 Å². The summed E-state index contributed by atoms with van der Waals surface area (Å²) < 4.78 is 4.31. The van der Waals surface area contributed by atoms with Gasteiger partial charge >= 0.3 is 0 Å². The molecule has 1 aliphatic carbocycles. The number of nitrogens with zero attached hydrogens (tertiary/aromatic N) is 2. The highest BCUT2D eigenvalue weighted by Crippen LogP contribution is 2.56. The first-order valence-electron chi connectivity index (χ1n) is 25.4. The summed E-state index contributed by atoms with van der Waals surface area (Å²) in [6.45, 7) is 0. The summed E-state index contributed by atoms with van der Waals surface area (Å²) in [5.74, 6) is 0.